The lowest BCUT2D eigenvalue weighted by atomic mass is 10.3. The van der Waals surface area contributed by atoms with Crippen molar-refractivity contribution >= 4 is 21.9 Å². The molecule has 0 bridgehead atoms. The molecule has 0 spiro atoms. The quantitative estimate of drug-likeness (QED) is 0.747. The van der Waals surface area contributed by atoms with Gasteiger partial charge in [-0.3, -0.25) is 9.59 Å². The van der Waals surface area contributed by atoms with Gasteiger partial charge in [0.05, 0.1) is 4.90 Å². The van der Waals surface area contributed by atoms with Gasteiger partial charge in [-0.2, -0.15) is 0 Å². The van der Waals surface area contributed by atoms with Crippen LogP contribution in [-0.4, -0.2) is 43.5 Å². The first-order chi connectivity index (χ1) is 10.4. The normalized spacial score (nSPS) is 21.9. The molecular weight excluding hydrogens is 310 g/mol. The maximum atomic E-state index is 12.6. The summed E-state index contributed by atoms with van der Waals surface area (Å²) < 4.78 is 36.2. The molecule has 0 unspecified atom stereocenters. The minimum atomic E-state index is -4.06. The van der Waals surface area contributed by atoms with E-state index in [1.54, 1.807) is 25.1 Å². The van der Waals surface area contributed by atoms with Gasteiger partial charge in [0.15, 0.2) is 12.3 Å². The molecule has 1 aromatic carbocycles. The summed E-state index contributed by atoms with van der Waals surface area (Å²) in [7, 11) is -4.06. The number of carbonyl (C=O) groups is 2. The highest BCUT2D eigenvalue weighted by atomic mass is 32.2. The van der Waals surface area contributed by atoms with Crippen molar-refractivity contribution in [3.8, 4) is 0 Å². The third-order valence-corrected chi connectivity index (χ3v) is 4.94. The molecule has 2 rings (SSSR count). The summed E-state index contributed by atoms with van der Waals surface area (Å²) in [6.45, 7) is 3.08. The molecule has 8 heteroatoms. The average molecular weight is 327 g/mol. The van der Waals surface area contributed by atoms with Gasteiger partial charge in [0.25, 0.3) is 15.9 Å². The Morgan fingerprint density at radius 1 is 1.32 bits per heavy atom. The van der Waals surface area contributed by atoms with Crippen LogP contribution in [0.1, 0.15) is 20.3 Å². The number of hydrogen-bond donors (Lipinski definition) is 0. The first-order valence-electron chi connectivity index (χ1n) is 6.80. The Morgan fingerprint density at radius 3 is 2.50 bits per heavy atom. The standard InChI is InChI=1S/C14H17NO6S/c1-3-20-13-9-12(21-10(2)16)14(17)15(13)22(18,19)11-7-5-4-6-8-11/h4-8,12-13H,3,9H2,1-2H3/t12-,13-/m0/s1. The van der Waals surface area contributed by atoms with E-state index in [0.717, 1.165) is 6.92 Å². The van der Waals surface area contributed by atoms with Crippen LogP contribution in [0.5, 0.6) is 0 Å². The number of nitrogens with zero attached hydrogens (tertiary/aromatic N) is 1. The number of carbonyl (C=O) groups excluding carboxylic acids is 2. The zero-order chi connectivity index (χ0) is 16.3. The molecule has 1 amide bonds. The van der Waals surface area contributed by atoms with Crippen LogP contribution < -0.4 is 0 Å². The second kappa shape index (κ2) is 6.45. The van der Waals surface area contributed by atoms with Gasteiger partial charge in [-0.25, -0.2) is 12.7 Å². The van der Waals surface area contributed by atoms with E-state index < -0.39 is 34.2 Å². The fourth-order valence-electron chi connectivity index (χ4n) is 2.27. The summed E-state index contributed by atoms with van der Waals surface area (Å²) in [6, 6.07) is 7.58. The molecule has 1 saturated heterocycles. The summed E-state index contributed by atoms with van der Waals surface area (Å²) in [5, 5.41) is 0. The molecule has 2 atom stereocenters. The molecule has 1 aliphatic rings. The van der Waals surface area contributed by atoms with E-state index in [1.165, 1.54) is 12.1 Å². The molecular formula is C14H17NO6S. The third kappa shape index (κ3) is 3.12. The number of esters is 1. The van der Waals surface area contributed by atoms with Crippen molar-refractivity contribution in [2.45, 2.75) is 37.5 Å². The van der Waals surface area contributed by atoms with Crippen molar-refractivity contribution in [2.75, 3.05) is 6.61 Å². The van der Waals surface area contributed by atoms with Gasteiger partial charge in [0.2, 0.25) is 0 Å². The SMILES string of the molecule is CCO[C@H]1C[C@H](OC(C)=O)C(=O)N1S(=O)(=O)c1ccccc1. The topological polar surface area (TPSA) is 90.0 Å². The van der Waals surface area contributed by atoms with E-state index in [4.69, 9.17) is 9.47 Å². The Morgan fingerprint density at radius 2 is 1.95 bits per heavy atom. The van der Waals surface area contributed by atoms with Crippen LogP contribution in [0.3, 0.4) is 0 Å². The predicted molar refractivity (Wildman–Crippen MR) is 76.1 cm³/mol. The van der Waals surface area contributed by atoms with Gasteiger partial charge in [-0.05, 0) is 19.1 Å². The summed E-state index contributed by atoms with van der Waals surface area (Å²) >= 11 is 0. The van der Waals surface area contributed by atoms with E-state index in [2.05, 4.69) is 0 Å². The molecule has 1 fully saturated rings. The molecule has 1 aromatic rings. The van der Waals surface area contributed by atoms with E-state index in [1.807, 2.05) is 0 Å². The number of rotatable bonds is 5. The minimum absolute atomic E-state index is 0.0156. The van der Waals surface area contributed by atoms with E-state index in [9.17, 15) is 18.0 Å². The second-order valence-electron chi connectivity index (χ2n) is 4.70. The van der Waals surface area contributed by atoms with E-state index >= 15 is 0 Å². The van der Waals surface area contributed by atoms with Gasteiger partial charge in [0, 0.05) is 20.0 Å². The first kappa shape index (κ1) is 16.4. The number of sulfonamides is 1. The molecule has 7 nitrogen and oxygen atoms in total. The van der Waals surface area contributed by atoms with Crippen molar-refractivity contribution in [3.05, 3.63) is 30.3 Å². The minimum Gasteiger partial charge on any atom is -0.452 e. The van der Waals surface area contributed by atoms with Gasteiger partial charge in [0.1, 0.15) is 0 Å². The van der Waals surface area contributed by atoms with Crippen molar-refractivity contribution in [2.24, 2.45) is 0 Å². The monoisotopic (exact) mass is 327 g/mol. The molecule has 0 aromatic heterocycles. The maximum absolute atomic E-state index is 12.6. The zero-order valence-corrected chi connectivity index (χ0v) is 13.1. The molecule has 22 heavy (non-hydrogen) atoms. The van der Waals surface area contributed by atoms with Gasteiger partial charge >= 0.3 is 5.97 Å². The smallest absolute Gasteiger partial charge is 0.303 e. The highest BCUT2D eigenvalue weighted by molar-refractivity contribution is 7.89. The molecule has 0 N–H and O–H groups in total. The highest BCUT2D eigenvalue weighted by Gasteiger charge is 2.48. The molecule has 0 aliphatic carbocycles. The highest BCUT2D eigenvalue weighted by Crippen LogP contribution is 2.29. The lowest BCUT2D eigenvalue weighted by molar-refractivity contribution is -0.153. The fraction of sp³-hybridized carbons (Fsp3) is 0.429. The largest absolute Gasteiger partial charge is 0.452 e. The Hall–Kier alpha value is -1.93. The Kier molecular flexibility index (Phi) is 4.82. The maximum Gasteiger partial charge on any atom is 0.303 e. The molecule has 0 saturated carbocycles. The summed E-state index contributed by atoms with van der Waals surface area (Å²) in [5.41, 5.74) is 0. The number of ether oxygens (including phenoxy) is 2. The average Bonchev–Trinajstić information content (AvgIpc) is 2.76. The lowest BCUT2D eigenvalue weighted by Gasteiger charge is -2.23. The number of benzene rings is 1. The summed E-state index contributed by atoms with van der Waals surface area (Å²) in [6.07, 6.45) is -2.14. The predicted octanol–water partition coefficient (Wildman–Crippen LogP) is 0.902. The Labute approximate surface area is 128 Å². The Balaban J connectivity index is 2.37. The number of amides is 1. The molecule has 1 heterocycles. The van der Waals surface area contributed by atoms with Crippen LogP contribution in [0.4, 0.5) is 0 Å². The lowest BCUT2D eigenvalue weighted by Crippen LogP contribution is -2.41. The van der Waals surface area contributed by atoms with Crippen molar-refractivity contribution in [1.29, 1.82) is 0 Å². The van der Waals surface area contributed by atoms with E-state index in [0.29, 0.717) is 4.31 Å². The molecule has 0 radical (unpaired) electrons. The first-order valence-corrected chi connectivity index (χ1v) is 8.24. The van der Waals surface area contributed by atoms with Crippen LogP contribution in [-0.2, 0) is 29.1 Å². The van der Waals surface area contributed by atoms with Crippen LogP contribution in [0, 0.1) is 0 Å². The van der Waals surface area contributed by atoms with Gasteiger partial charge < -0.3 is 9.47 Å². The van der Waals surface area contributed by atoms with Crippen molar-refractivity contribution < 1.29 is 27.5 Å². The van der Waals surface area contributed by atoms with Crippen LogP contribution >= 0.6 is 0 Å². The van der Waals surface area contributed by atoms with Crippen molar-refractivity contribution in [1.82, 2.24) is 4.31 Å². The third-order valence-electron chi connectivity index (χ3n) is 3.14. The summed E-state index contributed by atoms with van der Waals surface area (Å²) in [5.74, 6) is -1.44. The van der Waals surface area contributed by atoms with Gasteiger partial charge in [-0.1, -0.05) is 18.2 Å². The molecule has 1 aliphatic heterocycles. The summed E-state index contributed by atoms with van der Waals surface area (Å²) in [4.78, 5) is 23.4. The zero-order valence-electron chi connectivity index (χ0n) is 12.3. The Bertz CT molecular complexity index is 657. The van der Waals surface area contributed by atoms with Crippen LogP contribution in [0.25, 0.3) is 0 Å². The molecule has 120 valence electrons. The second-order valence-corrected chi connectivity index (χ2v) is 6.51. The van der Waals surface area contributed by atoms with Gasteiger partial charge in [-0.15, -0.1) is 0 Å². The number of hydrogen-bond acceptors (Lipinski definition) is 6. The van der Waals surface area contributed by atoms with Crippen molar-refractivity contribution in [3.63, 3.8) is 0 Å². The van der Waals surface area contributed by atoms with Crippen LogP contribution in [0.2, 0.25) is 0 Å². The van der Waals surface area contributed by atoms with E-state index in [-0.39, 0.29) is 17.9 Å². The fourth-order valence-corrected chi connectivity index (χ4v) is 3.81. The van der Waals surface area contributed by atoms with Crippen LogP contribution in [0.15, 0.2) is 35.2 Å².